The fraction of sp³-hybridized carbons (Fsp3) is 0.562. The molecule has 22 heavy (non-hydrogen) atoms. The zero-order valence-electron chi connectivity index (χ0n) is 12.2. The second-order valence-corrected chi connectivity index (χ2v) is 6.45. The van der Waals surface area contributed by atoms with Gasteiger partial charge in [0, 0.05) is 43.3 Å². The number of carbonyl (C=O) groups is 1. The van der Waals surface area contributed by atoms with Gasteiger partial charge in [-0.2, -0.15) is 0 Å². The summed E-state index contributed by atoms with van der Waals surface area (Å²) in [5, 5.41) is 9.83. The summed E-state index contributed by atoms with van der Waals surface area (Å²) >= 11 is 5.79. The SMILES string of the molecule is O=C(O)[C@@H]1CN(C2CCOCC2)C[C@H]1c1ccc(Cl)cc1F. The number of ether oxygens (including phenoxy) is 1. The maximum absolute atomic E-state index is 14.2. The topological polar surface area (TPSA) is 49.8 Å². The van der Waals surface area contributed by atoms with Crippen molar-refractivity contribution in [1.82, 2.24) is 4.90 Å². The molecule has 1 aromatic carbocycles. The Labute approximate surface area is 133 Å². The molecule has 0 bridgehead atoms. The Morgan fingerprint density at radius 2 is 2.05 bits per heavy atom. The van der Waals surface area contributed by atoms with Crippen LogP contribution in [0.3, 0.4) is 0 Å². The van der Waals surface area contributed by atoms with Gasteiger partial charge < -0.3 is 9.84 Å². The number of carboxylic acids is 1. The van der Waals surface area contributed by atoms with Crippen LogP contribution < -0.4 is 0 Å². The van der Waals surface area contributed by atoms with Crippen LogP contribution in [-0.2, 0) is 9.53 Å². The monoisotopic (exact) mass is 327 g/mol. The molecule has 2 fully saturated rings. The van der Waals surface area contributed by atoms with Gasteiger partial charge in [-0.1, -0.05) is 17.7 Å². The standard InChI is InChI=1S/C16H19ClFNO3/c17-10-1-2-12(15(18)7-10)13-8-19(9-14(13)16(20)21)11-3-5-22-6-4-11/h1-2,7,11,13-14H,3-6,8-9H2,(H,20,21)/t13-,14+/m0/s1. The third kappa shape index (κ3) is 3.12. The normalized spacial score (nSPS) is 27.2. The van der Waals surface area contributed by atoms with Crippen LogP contribution in [0.2, 0.25) is 5.02 Å². The minimum Gasteiger partial charge on any atom is -0.481 e. The predicted molar refractivity (Wildman–Crippen MR) is 80.7 cm³/mol. The number of aliphatic carboxylic acids is 1. The highest BCUT2D eigenvalue weighted by molar-refractivity contribution is 6.30. The van der Waals surface area contributed by atoms with Gasteiger partial charge >= 0.3 is 5.97 Å². The fourth-order valence-corrected chi connectivity index (χ4v) is 3.71. The van der Waals surface area contributed by atoms with Crippen molar-refractivity contribution in [2.75, 3.05) is 26.3 Å². The number of benzene rings is 1. The van der Waals surface area contributed by atoms with Gasteiger partial charge in [-0.25, -0.2) is 4.39 Å². The maximum Gasteiger partial charge on any atom is 0.308 e. The van der Waals surface area contributed by atoms with Gasteiger partial charge in [0.05, 0.1) is 5.92 Å². The first-order valence-electron chi connectivity index (χ1n) is 7.56. The molecule has 0 aromatic heterocycles. The number of rotatable bonds is 3. The summed E-state index contributed by atoms with van der Waals surface area (Å²) in [6.45, 7) is 2.45. The van der Waals surface area contributed by atoms with Crippen LogP contribution in [0.15, 0.2) is 18.2 Å². The molecule has 0 amide bonds. The Kier molecular flexibility index (Phi) is 4.66. The van der Waals surface area contributed by atoms with Gasteiger partial charge in [-0.3, -0.25) is 9.69 Å². The average Bonchev–Trinajstić information content (AvgIpc) is 2.93. The molecule has 0 radical (unpaired) electrons. The molecule has 2 aliphatic heterocycles. The van der Waals surface area contributed by atoms with Crippen LogP contribution in [0.1, 0.15) is 24.3 Å². The lowest BCUT2D eigenvalue weighted by Crippen LogP contribution is -2.38. The van der Waals surface area contributed by atoms with Crippen molar-refractivity contribution in [1.29, 1.82) is 0 Å². The highest BCUT2D eigenvalue weighted by atomic mass is 35.5. The molecule has 1 N–H and O–H groups in total. The van der Waals surface area contributed by atoms with Gasteiger partial charge in [0.1, 0.15) is 5.82 Å². The fourth-order valence-electron chi connectivity index (χ4n) is 3.55. The molecule has 2 aliphatic rings. The van der Waals surface area contributed by atoms with Crippen LogP contribution in [0.5, 0.6) is 0 Å². The van der Waals surface area contributed by atoms with E-state index in [1.807, 2.05) is 0 Å². The average molecular weight is 328 g/mol. The number of carboxylic acid groups (broad SMARTS) is 1. The maximum atomic E-state index is 14.2. The first-order chi connectivity index (χ1) is 10.6. The van der Waals surface area contributed by atoms with Gasteiger partial charge in [0.15, 0.2) is 0 Å². The molecule has 0 saturated carbocycles. The van der Waals surface area contributed by atoms with Gasteiger partial charge in [0.25, 0.3) is 0 Å². The first-order valence-corrected chi connectivity index (χ1v) is 7.93. The van der Waals surface area contributed by atoms with E-state index in [4.69, 9.17) is 16.3 Å². The first kappa shape index (κ1) is 15.7. The molecule has 120 valence electrons. The van der Waals surface area contributed by atoms with Gasteiger partial charge in [-0.15, -0.1) is 0 Å². The summed E-state index contributed by atoms with van der Waals surface area (Å²) < 4.78 is 19.6. The Balaban J connectivity index is 1.83. The number of halogens is 2. The molecule has 6 heteroatoms. The third-order valence-corrected chi connectivity index (χ3v) is 4.97. The highest BCUT2D eigenvalue weighted by Gasteiger charge is 2.42. The van der Waals surface area contributed by atoms with E-state index < -0.39 is 17.7 Å². The van der Waals surface area contributed by atoms with Crippen LogP contribution in [0, 0.1) is 11.7 Å². The highest BCUT2D eigenvalue weighted by Crippen LogP contribution is 2.37. The second-order valence-electron chi connectivity index (χ2n) is 6.01. The summed E-state index contributed by atoms with van der Waals surface area (Å²) in [6, 6.07) is 4.82. The lowest BCUT2D eigenvalue weighted by molar-refractivity contribution is -0.141. The molecule has 3 rings (SSSR count). The van der Waals surface area contributed by atoms with E-state index in [2.05, 4.69) is 4.90 Å². The van der Waals surface area contributed by atoms with Crippen molar-refractivity contribution in [3.63, 3.8) is 0 Å². The molecule has 1 aromatic rings. The lowest BCUT2D eigenvalue weighted by atomic mass is 9.89. The van der Waals surface area contributed by atoms with Crippen LogP contribution in [0.25, 0.3) is 0 Å². The quantitative estimate of drug-likeness (QED) is 0.927. The summed E-state index contributed by atoms with van der Waals surface area (Å²) in [7, 11) is 0. The molecule has 0 spiro atoms. The van der Waals surface area contributed by atoms with E-state index in [0.29, 0.717) is 42.9 Å². The molecule has 4 nitrogen and oxygen atoms in total. The summed E-state index contributed by atoms with van der Waals surface area (Å²) in [5.74, 6) is -2.21. The third-order valence-electron chi connectivity index (χ3n) is 4.73. The minimum atomic E-state index is -0.867. The van der Waals surface area contributed by atoms with E-state index >= 15 is 0 Å². The summed E-state index contributed by atoms with van der Waals surface area (Å²) in [6.07, 6.45) is 1.81. The Bertz CT molecular complexity index is 562. The number of hydrogen-bond acceptors (Lipinski definition) is 3. The number of likely N-dealkylation sites (tertiary alicyclic amines) is 1. The summed E-state index contributed by atoms with van der Waals surface area (Å²) in [5.41, 5.74) is 0.450. The van der Waals surface area contributed by atoms with Crippen molar-refractivity contribution < 1.29 is 19.0 Å². The van der Waals surface area contributed by atoms with Gasteiger partial charge in [0.2, 0.25) is 0 Å². The molecule has 2 heterocycles. The van der Waals surface area contributed by atoms with Crippen molar-refractivity contribution in [2.24, 2.45) is 5.92 Å². The second kappa shape index (κ2) is 6.52. The lowest BCUT2D eigenvalue weighted by Gasteiger charge is -2.31. The van der Waals surface area contributed by atoms with Crippen molar-refractivity contribution >= 4 is 17.6 Å². The Morgan fingerprint density at radius 1 is 1.32 bits per heavy atom. The molecule has 0 unspecified atom stereocenters. The van der Waals surface area contributed by atoms with Crippen LogP contribution in [-0.4, -0.2) is 48.3 Å². The molecular formula is C16H19ClFNO3. The zero-order chi connectivity index (χ0) is 15.7. The van der Waals surface area contributed by atoms with Crippen molar-refractivity contribution in [2.45, 2.75) is 24.8 Å². The van der Waals surface area contributed by atoms with Crippen LogP contribution >= 0.6 is 11.6 Å². The van der Waals surface area contributed by atoms with E-state index in [1.165, 1.54) is 6.07 Å². The summed E-state index contributed by atoms with van der Waals surface area (Å²) in [4.78, 5) is 13.8. The van der Waals surface area contributed by atoms with E-state index in [-0.39, 0.29) is 5.92 Å². The molecule has 0 aliphatic carbocycles. The smallest absolute Gasteiger partial charge is 0.308 e. The Hall–Kier alpha value is -1.17. The molecule has 2 saturated heterocycles. The van der Waals surface area contributed by atoms with E-state index in [9.17, 15) is 14.3 Å². The number of nitrogens with zero attached hydrogens (tertiary/aromatic N) is 1. The zero-order valence-corrected chi connectivity index (χ0v) is 12.9. The predicted octanol–water partition coefficient (Wildman–Crippen LogP) is 2.76. The van der Waals surface area contributed by atoms with Gasteiger partial charge in [-0.05, 0) is 30.5 Å². The van der Waals surface area contributed by atoms with Crippen molar-refractivity contribution in [3.8, 4) is 0 Å². The molecule has 2 atom stereocenters. The van der Waals surface area contributed by atoms with E-state index in [1.54, 1.807) is 12.1 Å². The van der Waals surface area contributed by atoms with E-state index in [0.717, 1.165) is 12.8 Å². The Morgan fingerprint density at radius 3 is 2.68 bits per heavy atom. The number of hydrogen-bond donors (Lipinski definition) is 1. The minimum absolute atomic E-state index is 0.326. The van der Waals surface area contributed by atoms with Crippen LogP contribution in [0.4, 0.5) is 4.39 Å². The molecular weight excluding hydrogens is 309 g/mol. The van der Waals surface area contributed by atoms with Crippen molar-refractivity contribution in [3.05, 3.63) is 34.6 Å². The largest absolute Gasteiger partial charge is 0.481 e.